The summed E-state index contributed by atoms with van der Waals surface area (Å²) < 4.78 is 0. The van der Waals surface area contributed by atoms with Gasteiger partial charge in [0.15, 0.2) is 0 Å². The highest BCUT2D eigenvalue weighted by Gasteiger charge is 2.35. The van der Waals surface area contributed by atoms with Crippen LogP contribution >= 0.6 is 11.6 Å². The summed E-state index contributed by atoms with van der Waals surface area (Å²) in [5.74, 6) is -0.260. The smallest absolute Gasteiger partial charge is 0.227 e. The second-order valence-corrected chi connectivity index (χ2v) is 8.65. The minimum Gasteiger partial charge on any atom is -0.356 e. The van der Waals surface area contributed by atoms with E-state index in [-0.39, 0.29) is 30.1 Å². The molecule has 0 saturated carbocycles. The lowest BCUT2D eigenvalue weighted by Gasteiger charge is -2.20. The molecule has 3 aromatic carbocycles. The molecule has 0 spiro atoms. The highest BCUT2D eigenvalue weighted by Crippen LogP contribution is 2.32. The summed E-state index contributed by atoms with van der Waals surface area (Å²) in [5, 5.41) is 3.69. The Kier molecular flexibility index (Phi) is 6.91. The van der Waals surface area contributed by atoms with Crippen molar-refractivity contribution in [2.75, 3.05) is 18.0 Å². The topological polar surface area (TPSA) is 49.4 Å². The molecule has 32 heavy (non-hydrogen) atoms. The van der Waals surface area contributed by atoms with Gasteiger partial charge in [-0.3, -0.25) is 9.59 Å². The Labute approximate surface area is 194 Å². The molecule has 4 nitrogen and oxygen atoms in total. The maximum Gasteiger partial charge on any atom is 0.227 e. The van der Waals surface area contributed by atoms with E-state index in [1.54, 1.807) is 11.0 Å². The molecule has 1 atom stereocenters. The maximum atomic E-state index is 12.9. The molecular formula is C27H27ClN2O2. The van der Waals surface area contributed by atoms with E-state index in [4.69, 9.17) is 11.6 Å². The van der Waals surface area contributed by atoms with E-state index in [9.17, 15) is 9.59 Å². The molecule has 1 heterocycles. The van der Waals surface area contributed by atoms with Crippen molar-refractivity contribution in [3.63, 3.8) is 0 Å². The number of carbonyl (C=O) groups is 2. The van der Waals surface area contributed by atoms with Gasteiger partial charge >= 0.3 is 0 Å². The van der Waals surface area contributed by atoms with E-state index in [2.05, 4.69) is 29.6 Å². The predicted molar refractivity (Wildman–Crippen MR) is 129 cm³/mol. The van der Waals surface area contributed by atoms with Crippen LogP contribution in [0.3, 0.4) is 0 Å². The Morgan fingerprint density at radius 2 is 1.62 bits per heavy atom. The minimum atomic E-state index is -0.354. The summed E-state index contributed by atoms with van der Waals surface area (Å²) in [6.45, 7) is 2.83. The molecule has 3 aromatic rings. The standard InChI is InChI=1S/C27H27ClN2O2/c1-19-24(28)13-8-14-25(19)30-18-22(17-26(30)31)27(32)29-16-15-23(20-9-4-2-5-10-20)21-11-6-3-7-12-21/h2-14,22-23H,15-18H2,1H3,(H,29,32)/t22-/m1/s1. The van der Waals surface area contributed by atoms with Crippen molar-refractivity contribution in [1.29, 1.82) is 0 Å². The van der Waals surface area contributed by atoms with Crippen LogP contribution in [0.2, 0.25) is 5.02 Å². The molecule has 0 aromatic heterocycles. The van der Waals surface area contributed by atoms with Crippen molar-refractivity contribution < 1.29 is 9.59 Å². The maximum absolute atomic E-state index is 12.9. The Balaban J connectivity index is 1.39. The number of amides is 2. The number of hydrogen-bond donors (Lipinski definition) is 1. The van der Waals surface area contributed by atoms with Crippen molar-refractivity contribution in [3.05, 3.63) is 101 Å². The van der Waals surface area contributed by atoms with Gasteiger partial charge in [-0.25, -0.2) is 0 Å². The summed E-state index contributed by atoms with van der Waals surface area (Å²) in [5.41, 5.74) is 4.10. The minimum absolute atomic E-state index is 0.0398. The monoisotopic (exact) mass is 446 g/mol. The number of rotatable bonds is 7. The zero-order chi connectivity index (χ0) is 22.5. The van der Waals surface area contributed by atoms with Crippen LogP contribution in [-0.2, 0) is 9.59 Å². The zero-order valence-electron chi connectivity index (χ0n) is 18.1. The molecule has 1 aliphatic heterocycles. The van der Waals surface area contributed by atoms with Crippen LogP contribution in [0.4, 0.5) is 5.69 Å². The van der Waals surface area contributed by atoms with E-state index >= 15 is 0 Å². The van der Waals surface area contributed by atoms with E-state index < -0.39 is 0 Å². The number of hydrogen-bond acceptors (Lipinski definition) is 2. The average molecular weight is 447 g/mol. The third-order valence-electron chi connectivity index (χ3n) is 6.16. The lowest BCUT2D eigenvalue weighted by Crippen LogP contribution is -2.34. The highest BCUT2D eigenvalue weighted by atomic mass is 35.5. The molecule has 1 N–H and O–H groups in total. The van der Waals surface area contributed by atoms with Crippen LogP contribution in [-0.4, -0.2) is 24.9 Å². The van der Waals surface area contributed by atoms with Crippen LogP contribution in [0.25, 0.3) is 0 Å². The average Bonchev–Trinajstić information content (AvgIpc) is 3.21. The number of carbonyl (C=O) groups excluding carboxylic acids is 2. The molecule has 4 rings (SSSR count). The molecule has 0 unspecified atom stereocenters. The number of anilines is 1. The number of halogens is 1. The second kappa shape index (κ2) is 10.0. The SMILES string of the molecule is Cc1c(Cl)cccc1N1C[C@H](C(=O)NCCC(c2ccccc2)c2ccccc2)CC1=O. The lowest BCUT2D eigenvalue weighted by atomic mass is 9.88. The van der Waals surface area contributed by atoms with Gasteiger partial charge in [0.2, 0.25) is 11.8 Å². The summed E-state index contributed by atoms with van der Waals surface area (Å²) in [4.78, 5) is 27.1. The van der Waals surface area contributed by atoms with Crippen molar-refractivity contribution >= 4 is 29.1 Å². The Morgan fingerprint density at radius 3 is 2.25 bits per heavy atom. The molecule has 1 saturated heterocycles. The Bertz CT molecular complexity index is 1050. The number of nitrogens with one attached hydrogen (secondary N) is 1. The van der Waals surface area contributed by atoms with Gasteiger partial charge in [-0.2, -0.15) is 0 Å². The summed E-state index contributed by atoms with van der Waals surface area (Å²) in [6.07, 6.45) is 1.01. The molecule has 0 bridgehead atoms. The van der Waals surface area contributed by atoms with Gasteiger partial charge in [-0.05, 0) is 42.2 Å². The van der Waals surface area contributed by atoms with E-state index in [0.717, 1.165) is 17.7 Å². The van der Waals surface area contributed by atoms with Gasteiger partial charge in [0.05, 0.1) is 5.92 Å². The first-order valence-electron chi connectivity index (χ1n) is 11.0. The fourth-order valence-electron chi connectivity index (χ4n) is 4.39. The van der Waals surface area contributed by atoms with Gasteiger partial charge in [0.25, 0.3) is 0 Å². The third kappa shape index (κ3) is 4.86. The zero-order valence-corrected chi connectivity index (χ0v) is 18.9. The normalized spacial score (nSPS) is 15.9. The number of benzene rings is 3. The highest BCUT2D eigenvalue weighted by molar-refractivity contribution is 6.31. The van der Waals surface area contributed by atoms with Gasteiger partial charge in [0, 0.05) is 36.1 Å². The van der Waals surface area contributed by atoms with Gasteiger partial charge in [0.1, 0.15) is 0 Å². The van der Waals surface area contributed by atoms with Crippen LogP contribution in [0.1, 0.15) is 35.4 Å². The van der Waals surface area contributed by atoms with Crippen LogP contribution in [0.5, 0.6) is 0 Å². The summed E-state index contributed by atoms with van der Waals surface area (Å²) in [7, 11) is 0. The second-order valence-electron chi connectivity index (χ2n) is 8.24. The van der Waals surface area contributed by atoms with Gasteiger partial charge in [-0.15, -0.1) is 0 Å². The van der Waals surface area contributed by atoms with Crippen LogP contribution in [0.15, 0.2) is 78.9 Å². The first-order chi connectivity index (χ1) is 15.5. The molecule has 1 fully saturated rings. The third-order valence-corrected chi connectivity index (χ3v) is 6.57. The van der Waals surface area contributed by atoms with E-state index in [0.29, 0.717) is 18.1 Å². The summed E-state index contributed by atoms with van der Waals surface area (Å²) >= 11 is 6.22. The fourth-order valence-corrected chi connectivity index (χ4v) is 4.55. The molecule has 164 valence electrons. The van der Waals surface area contributed by atoms with Crippen molar-refractivity contribution in [1.82, 2.24) is 5.32 Å². The largest absolute Gasteiger partial charge is 0.356 e. The molecule has 0 aliphatic carbocycles. The van der Waals surface area contributed by atoms with E-state index in [1.165, 1.54) is 11.1 Å². The molecule has 0 radical (unpaired) electrons. The summed E-state index contributed by atoms with van der Waals surface area (Å²) in [6, 6.07) is 26.2. The van der Waals surface area contributed by atoms with Gasteiger partial charge in [-0.1, -0.05) is 78.3 Å². The van der Waals surface area contributed by atoms with Crippen molar-refractivity contribution in [2.45, 2.75) is 25.7 Å². The molecular weight excluding hydrogens is 420 g/mol. The molecule has 1 aliphatic rings. The quantitative estimate of drug-likeness (QED) is 0.532. The Hall–Kier alpha value is -3.11. The predicted octanol–water partition coefficient (Wildman–Crippen LogP) is 5.34. The van der Waals surface area contributed by atoms with Crippen LogP contribution < -0.4 is 10.2 Å². The lowest BCUT2D eigenvalue weighted by molar-refractivity contribution is -0.126. The first-order valence-corrected chi connectivity index (χ1v) is 11.4. The molecule has 5 heteroatoms. The fraction of sp³-hybridized carbons (Fsp3) is 0.259. The van der Waals surface area contributed by atoms with Crippen molar-refractivity contribution in [3.8, 4) is 0 Å². The van der Waals surface area contributed by atoms with E-state index in [1.807, 2.05) is 55.5 Å². The van der Waals surface area contributed by atoms with Crippen LogP contribution in [0, 0.1) is 12.8 Å². The number of nitrogens with zero attached hydrogens (tertiary/aromatic N) is 1. The van der Waals surface area contributed by atoms with Gasteiger partial charge < -0.3 is 10.2 Å². The first kappa shape index (κ1) is 22.1. The molecule has 2 amide bonds. The van der Waals surface area contributed by atoms with Crippen molar-refractivity contribution in [2.24, 2.45) is 5.92 Å². The Morgan fingerprint density at radius 1 is 1.00 bits per heavy atom.